The van der Waals surface area contributed by atoms with Gasteiger partial charge in [-0.05, 0) is 73.6 Å². The molecular formula is C26H31F3N2O3. The van der Waals surface area contributed by atoms with Gasteiger partial charge in [0.2, 0.25) is 0 Å². The van der Waals surface area contributed by atoms with Crippen molar-refractivity contribution in [3.8, 4) is 5.75 Å². The topological polar surface area (TPSA) is 62.1 Å². The summed E-state index contributed by atoms with van der Waals surface area (Å²) in [6.07, 6.45) is 0.736. The van der Waals surface area contributed by atoms with Crippen LogP contribution in [-0.2, 0) is 29.4 Å². The molecule has 0 fully saturated rings. The number of hydrogen-bond acceptors (Lipinski definition) is 4. The minimum Gasteiger partial charge on any atom is -0.482 e. The number of ether oxygens (including phenoxy) is 1. The van der Waals surface area contributed by atoms with Gasteiger partial charge in [-0.1, -0.05) is 25.1 Å². The first kappa shape index (κ1) is 25.7. The highest BCUT2D eigenvalue weighted by Crippen LogP contribution is 2.33. The van der Waals surface area contributed by atoms with Crippen LogP contribution in [0.5, 0.6) is 5.75 Å². The van der Waals surface area contributed by atoms with E-state index in [0.717, 1.165) is 56.6 Å². The molecule has 0 aromatic heterocycles. The van der Waals surface area contributed by atoms with Gasteiger partial charge < -0.3 is 14.7 Å². The van der Waals surface area contributed by atoms with Gasteiger partial charge in [0, 0.05) is 25.8 Å². The number of rotatable bonds is 9. The highest BCUT2D eigenvalue weighted by molar-refractivity contribution is 5.68. The third-order valence-corrected chi connectivity index (χ3v) is 6.41. The molecule has 1 N–H and O–H groups in total. The van der Waals surface area contributed by atoms with Crippen molar-refractivity contribution in [1.29, 1.82) is 0 Å². The maximum absolute atomic E-state index is 12.9. The Bertz CT molecular complexity index is 1010. The van der Waals surface area contributed by atoms with E-state index in [4.69, 9.17) is 14.8 Å². The minimum atomic E-state index is -4.34. The largest absolute Gasteiger partial charge is 0.482 e. The van der Waals surface area contributed by atoms with Gasteiger partial charge in [-0.25, -0.2) is 4.79 Å². The van der Waals surface area contributed by atoms with Crippen LogP contribution in [0.1, 0.15) is 48.9 Å². The van der Waals surface area contributed by atoms with E-state index in [0.29, 0.717) is 12.2 Å². The number of halogens is 3. The summed E-state index contributed by atoms with van der Waals surface area (Å²) in [5, 5.41) is 8.78. The zero-order valence-corrected chi connectivity index (χ0v) is 19.6. The molecule has 1 unspecified atom stereocenters. The Labute approximate surface area is 198 Å². The maximum atomic E-state index is 12.9. The Morgan fingerprint density at radius 2 is 1.74 bits per heavy atom. The number of hydrogen-bond donors (Lipinski definition) is 1. The van der Waals surface area contributed by atoms with Crippen molar-refractivity contribution in [2.75, 3.05) is 26.2 Å². The number of aliphatic imine (C=N–C) groups is 1. The minimum absolute atomic E-state index is 0.354. The Hall–Kier alpha value is -2.87. The van der Waals surface area contributed by atoms with Gasteiger partial charge >= 0.3 is 12.1 Å². The van der Waals surface area contributed by atoms with Crippen LogP contribution in [0.2, 0.25) is 0 Å². The molecule has 184 valence electrons. The van der Waals surface area contributed by atoms with E-state index in [1.807, 2.05) is 38.3 Å². The smallest absolute Gasteiger partial charge is 0.416 e. The number of fused-ring (bicyclic) bond motifs is 1. The molecule has 1 aliphatic rings. The molecule has 2 aromatic rings. The van der Waals surface area contributed by atoms with E-state index in [2.05, 4.69) is 4.90 Å². The molecule has 0 saturated carbocycles. The normalized spacial score (nSPS) is 16.6. The quantitative estimate of drug-likeness (QED) is 0.495. The highest BCUT2D eigenvalue weighted by atomic mass is 19.4. The molecule has 3 rings (SSSR count). The molecule has 2 aromatic carbocycles. The molecule has 0 spiro atoms. The Morgan fingerprint density at radius 1 is 1.09 bits per heavy atom. The molecule has 5 nitrogen and oxygen atoms in total. The molecule has 34 heavy (non-hydrogen) atoms. The Kier molecular flexibility index (Phi) is 8.36. The average Bonchev–Trinajstić information content (AvgIpc) is 3.02. The number of carboxylic acid groups (broad SMARTS) is 1. The lowest BCUT2D eigenvalue weighted by Gasteiger charge is -2.25. The van der Waals surface area contributed by atoms with Crippen molar-refractivity contribution in [1.82, 2.24) is 4.90 Å². The van der Waals surface area contributed by atoms with Gasteiger partial charge in [-0.2, -0.15) is 13.2 Å². The van der Waals surface area contributed by atoms with Crippen molar-refractivity contribution < 1.29 is 27.8 Å². The van der Waals surface area contributed by atoms with Crippen molar-refractivity contribution in [2.45, 2.75) is 51.2 Å². The van der Waals surface area contributed by atoms with E-state index in [9.17, 15) is 18.0 Å². The summed E-state index contributed by atoms with van der Waals surface area (Å²) in [7, 11) is 0. The average molecular weight is 477 g/mol. The third kappa shape index (κ3) is 6.82. The van der Waals surface area contributed by atoms with Crippen molar-refractivity contribution in [3.63, 3.8) is 0 Å². The van der Waals surface area contributed by atoms with Crippen LogP contribution >= 0.6 is 0 Å². The van der Waals surface area contributed by atoms with Crippen LogP contribution in [0.15, 0.2) is 47.5 Å². The molecule has 0 radical (unpaired) electrons. The van der Waals surface area contributed by atoms with Crippen LogP contribution in [0, 0.1) is 0 Å². The van der Waals surface area contributed by atoms with Gasteiger partial charge in [-0.3, -0.25) is 4.99 Å². The number of benzene rings is 2. The second-order valence-corrected chi connectivity index (χ2v) is 8.76. The van der Waals surface area contributed by atoms with E-state index < -0.39 is 23.2 Å². The molecule has 0 aliphatic carbocycles. The summed E-state index contributed by atoms with van der Waals surface area (Å²) in [5.74, 6) is -0.427. The lowest BCUT2D eigenvalue weighted by Crippen LogP contribution is -2.28. The van der Waals surface area contributed by atoms with Crippen LogP contribution < -0.4 is 4.74 Å². The standard InChI is InChI=1S/C26H31F3N2O3/c1-3-25(2,21-6-8-22(9-7-21)26(27,28)29)30-13-4-14-31-15-11-19-5-10-23(34-18-24(32)33)17-20(19)12-16-31/h5-10,13,17H,3-4,11-12,14-16,18H2,1-2H3,(H,32,33). The van der Waals surface area contributed by atoms with E-state index in [1.54, 1.807) is 0 Å². The molecule has 0 amide bonds. The summed E-state index contributed by atoms with van der Waals surface area (Å²) in [4.78, 5) is 17.8. The summed E-state index contributed by atoms with van der Waals surface area (Å²) in [5.41, 5.74) is 1.98. The fourth-order valence-electron chi connectivity index (χ4n) is 4.10. The second-order valence-electron chi connectivity index (χ2n) is 8.76. The van der Waals surface area contributed by atoms with Crippen LogP contribution in [0.25, 0.3) is 0 Å². The zero-order chi connectivity index (χ0) is 24.8. The van der Waals surface area contributed by atoms with Crippen LogP contribution in [-0.4, -0.2) is 48.4 Å². The van der Waals surface area contributed by atoms with Crippen LogP contribution in [0.3, 0.4) is 0 Å². The van der Waals surface area contributed by atoms with Crippen molar-refractivity contribution in [2.24, 2.45) is 4.99 Å². The summed E-state index contributed by atoms with van der Waals surface area (Å²) >= 11 is 0. The number of carbonyl (C=O) groups is 1. The molecular weight excluding hydrogens is 445 g/mol. The molecule has 0 bridgehead atoms. The van der Waals surface area contributed by atoms with E-state index in [1.165, 1.54) is 23.3 Å². The van der Waals surface area contributed by atoms with Crippen molar-refractivity contribution >= 4 is 12.2 Å². The van der Waals surface area contributed by atoms with Crippen LogP contribution in [0.4, 0.5) is 13.2 Å². The second kappa shape index (κ2) is 11.0. The lowest BCUT2D eigenvalue weighted by molar-refractivity contribution is -0.139. The van der Waals surface area contributed by atoms with Gasteiger partial charge in [0.05, 0.1) is 11.1 Å². The summed E-state index contributed by atoms with van der Waals surface area (Å²) in [6.45, 7) is 6.21. The predicted octanol–water partition coefficient (Wildman–Crippen LogP) is 5.36. The number of carboxylic acids is 1. The third-order valence-electron chi connectivity index (χ3n) is 6.41. The first-order valence-electron chi connectivity index (χ1n) is 11.5. The fourth-order valence-corrected chi connectivity index (χ4v) is 4.10. The highest BCUT2D eigenvalue weighted by Gasteiger charge is 2.31. The number of aliphatic carboxylic acids is 1. The predicted molar refractivity (Wildman–Crippen MR) is 126 cm³/mol. The maximum Gasteiger partial charge on any atom is 0.416 e. The SMILES string of the molecule is CCC(C)(N=CCCN1CCc2ccc(OCC(=O)O)cc2CC1)c1ccc(C(F)(F)F)cc1. The molecule has 8 heteroatoms. The van der Waals surface area contributed by atoms with E-state index >= 15 is 0 Å². The molecule has 1 atom stereocenters. The van der Waals surface area contributed by atoms with E-state index in [-0.39, 0.29) is 6.61 Å². The van der Waals surface area contributed by atoms with Gasteiger partial charge in [0.15, 0.2) is 6.61 Å². The first-order valence-corrected chi connectivity index (χ1v) is 11.5. The molecule has 1 aliphatic heterocycles. The molecule has 0 saturated heterocycles. The summed E-state index contributed by atoms with van der Waals surface area (Å²) in [6, 6.07) is 11.0. The zero-order valence-electron chi connectivity index (χ0n) is 19.6. The van der Waals surface area contributed by atoms with Gasteiger partial charge in [0.25, 0.3) is 0 Å². The van der Waals surface area contributed by atoms with Gasteiger partial charge in [-0.15, -0.1) is 0 Å². The van der Waals surface area contributed by atoms with Gasteiger partial charge in [0.1, 0.15) is 5.75 Å². The molecule has 1 heterocycles. The first-order chi connectivity index (χ1) is 16.1. The summed E-state index contributed by atoms with van der Waals surface area (Å²) < 4.78 is 43.9. The Balaban J connectivity index is 1.54. The lowest BCUT2D eigenvalue weighted by atomic mass is 9.89. The fraction of sp³-hybridized carbons (Fsp3) is 0.462. The number of nitrogens with zero attached hydrogens (tertiary/aromatic N) is 2. The van der Waals surface area contributed by atoms with Crippen molar-refractivity contribution in [3.05, 3.63) is 64.7 Å². The monoisotopic (exact) mass is 476 g/mol. The number of alkyl halides is 3. The Morgan fingerprint density at radius 3 is 2.35 bits per heavy atom.